The first kappa shape index (κ1) is 10.8. The molecular formula is C11H11BrN2. The molecule has 1 aromatic rings. The highest BCUT2D eigenvalue weighted by Crippen LogP contribution is 2.21. The van der Waals surface area contributed by atoms with E-state index in [0.717, 1.165) is 15.6 Å². The molecule has 0 aliphatic carbocycles. The Kier molecular flexibility index (Phi) is 3.32. The standard InChI is InChI=1S/C11H11BrN2/c1-7-5-9(3-4-10(7)12)11(14)8(2)6-13/h3-5H,14H2,1-2H3/b11-8-. The van der Waals surface area contributed by atoms with Gasteiger partial charge in [0.05, 0.1) is 11.8 Å². The quantitative estimate of drug-likeness (QED) is 0.780. The van der Waals surface area contributed by atoms with E-state index in [-0.39, 0.29) is 0 Å². The Morgan fingerprint density at radius 2 is 2.14 bits per heavy atom. The van der Waals surface area contributed by atoms with Gasteiger partial charge in [-0.2, -0.15) is 5.26 Å². The lowest BCUT2D eigenvalue weighted by atomic mass is 10.1. The molecule has 0 amide bonds. The van der Waals surface area contributed by atoms with Crippen molar-refractivity contribution in [2.24, 2.45) is 5.73 Å². The van der Waals surface area contributed by atoms with Crippen LogP contribution in [0.25, 0.3) is 5.70 Å². The first-order valence-corrected chi connectivity index (χ1v) is 4.98. The van der Waals surface area contributed by atoms with E-state index in [1.54, 1.807) is 6.92 Å². The van der Waals surface area contributed by atoms with Crippen LogP contribution >= 0.6 is 15.9 Å². The molecule has 2 nitrogen and oxygen atoms in total. The molecule has 0 aliphatic heterocycles. The highest BCUT2D eigenvalue weighted by Gasteiger charge is 2.02. The topological polar surface area (TPSA) is 49.8 Å². The number of benzene rings is 1. The highest BCUT2D eigenvalue weighted by atomic mass is 79.9. The van der Waals surface area contributed by atoms with Gasteiger partial charge in [0.25, 0.3) is 0 Å². The van der Waals surface area contributed by atoms with Gasteiger partial charge in [0.15, 0.2) is 0 Å². The maximum absolute atomic E-state index is 8.69. The van der Waals surface area contributed by atoms with Crippen molar-refractivity contribution in [1.82, 2.24) is 0 Å². The molecule has 0 atom stereocenters. The predicted octanol–water partition coefficient (Wildman–Crippen LogP) is 2.97. The zero-order valence-corrected chi connectivity index (χ0v) is 9.72. The van der Waals surface area contributed by atoms with E-state index in [2.05, 4.69) is 15.9 Å². The van der Waals surface area contributed by atoms with E-state index in [1.165, 1.54) is 0 Å². The third kappa shape index (κ3) is 2.15. The van der Waals surface area contributed by atoms with Crippen LogP contribution in [0.4, 0.5) is 0 Å². The molecular weight excluding hydrogens is 240 g/mol. The summed E-state index contributed by atoms with van der Waals surface area (Å²) in [5, 5.41) is 8.69. The van der Waals surface area contributed by atoms with Crippen molar-refractivity contribution in [1.29, 1.82) is 5.26 Å². The lowest BCUT2D eigenvalue weighted by molar-refractivity contribution is 1.36. The van der Waals surface area contributed by atoms with Crippen molar-refractivity contribution in [2.45, 2.75) is 13.8 Å². The summed E-state index contributed by atoms with van der Waals surface area (Å²) in [4.78, 5) is 0. The molecule has 2 N–H and O–H groups in total. The number of aryl methyl sites for hydroxylation is 1. The second kappa shape index (κ2) is 4.30. The molecule has 14 heavy (non-hydrogen) atoms. The second-order valence-corrected chi connectivity index (χ2v) is 3.97. The molecule has 0 radical (unpaired) electrons. The monoisotopic (exact) mass is 250 g/mol. The summed E-state index contributed by atoms with van der Waals surface area (Å²) < 4.78 is 1.05. The van der Waals surface area contributed by atoms with E-state index in [1.807, 2.05) is 31.2 Å². The summed E-state index contributed by atoms with van der Waals surface area (Å²) in [6, 6.07) is 7.83. The molecule has 0 fully saturated rings. The van der Waals surface area contributed by atoms with E-state index in [4.69, 9.17) is 11.0 Å². The molecule has 0 aliphatic rings. The van der Waals surface area contributed by atoms with Crippen LogP contribution in [-0.4, -0.2) is 0 Å². The molecule has 0 saturated carbocycles. The van der Waals surface area contributed by atoms with E-state index < -0.39 is 0 Å². The van der Waals surface area contributed by atoms with E-state index >= 15 is 0 Å². The SMILES string of the molecule is C/C(C#N)=C(/N)c1ccc(Br)c(C)c1. The van der Waals surface area contributed by atoms with Gasteiger partial charge in [-0.05, 0) is 37.1 Å². The minimum Gasteiger partial charge on any atom is -0.397 e. The fourth-order valence-electron chi connectivity index (χ4n) is 1.09. The van der Waals surface area contributed by atoms with Crippen LogP contribution in [-0.2, 0) is 0 Å². The molecule has 1 aromatic carbocycles. The summed E-state index contributed by atoms with van der Waals surface area (Å²) in [7, 11) is 0. The highest BCUT2D eigenvalue weighted by molar-refractivity contribution is 9.10. The van der Waals surface area contributed by atoms with Crippen molar-refractivity contribution < 1.29 is 0 Å². The number of nitrogens with zero attached hydrogens (tertiary/aromatic N) is 1. The Morgan fingerprint density at radius 3 is 2.64 bits per heavy atom. The Labute approximate surface area is 92.2 Å². The minimum absolute atomic E-state index is 0.545. The zero-order chi connectivity index (χ0) is 10.7. The summed E-state index contributed by atoms with van der Waals surface area (Å²) >= 11 is 3.41. The van der Waals surface area contributed by atoms with Crippen molar-refractivity contribution in [3.63, 3.8) is 0 Å². The number of nitrogens with two attached hydrogens (primary N) is 1. The Balaban J connectivity index is 3.24. The van der Waals surface area contributed by atoms with Gasteiger partial charge in [-0.25, -0.2) is 0 Å². The number of nitriles is 1. The minimum atomic E-state index is 0.545. The van der Waals surface area contributed by atoms with Gasteiger partial charge in [0, 0.05) is 10.0 Å². The van der Waals surface area contributed by atoms with Crippen molar-refractivity contribution >= 4 is 21.6 Å². The lowest BCUT2D eigenvalue weighted by Gasteiger charge is -2.05. The van der Waals surface area contributed by atoms with Crippen molar-refractivity contribution in [3.05, 3.63) is 39.4 Å². The molecule has 0 saturated heterocycles. The predicted molar refractivity (Wildman–Crippen MR) is 61.3 cm³/mol. The molecule has 3 heteroatoms. The van der Waals surface area contributed by atoms with Gasteiger partial charge in [0.1, 0.15) is 0 Å². The summed E-state index contributed by atoms with van der Waals surface area (Å²) in [6.07, 6.45) is 0. The zero-order valence-electron chi connectivity index (χ0n) is 8.13. The van der Waals surface area contributed by atoms with E-state index in [0.29, 0.717) is 11.3 Å². The van der Waals surface area contributed by atoms with Gasteiger partial charge in [0.2, 0.25) is 0 Å². The Bertz CT molecular complexity index is 427. The first-order chi connectivity index (χ1) is 6.56. The first-order valence-electron chi connectivity index (χ1n) is 4.19. The molecule has 0 bridgehead atoms. The summed E-state index contributed by atoms with van der Waals surface area (Å²) in [5.74, 6) is 0. The molecule has 0 unspecified atom stereocenters. The Hall–Kier alpha value is -1.27. The third-order valence-corrected chi connectivity index (χ3v) is 2.93. The van der Waals surface area contributed by atoms with Crippen molar-refractivity contribution in [2.75, 3.05) is 0 Å². The van der Waals surface area contributed by atoms with Gasteiger partial charge in [-0.3, -0.25) is 0 Å². The van der Waals surface area contributed by atoms with E-state index in [9.17, 15) is 0 Å². The number of hydrogen-bond donors (Lipinski definition) is 1. The fourth-order valence-corrected chi connectivity index (χ4v) is 1.34. The van der Waals surface area contributed by atoms with Crippen molar-refractivity contribution in [3.8, 4) is 6.07 Å². The molecule has 0 heterocycles. The smallest absolute Gasteiger partial charge is 0.0965 e. The maximum Gasteiger partial charge on any atom is 0.0965 e. The molecule has 0 aromatic heterocycles. The van der Waals surface area contributed by atoms with Gasteiger partial charge in [-0.1, -0.05) is 22.0 Å². The fraction of sp³-hybridized carbons (Fsp3) is 0.182. The largest absolute Gasteiger partial charge is 0.397 e. The number of rotatable bonds is 1. The number of hydrogen-bond acceptors (Lipinski definition) is 2. The van der Waals surface area contributed by atoms with Gasteiger partial charge >= 0.3 is 0 Å². The van der Waals surface area contributed by atoms with Crippen LogP contribution in [0.5, 0.6) is 0 Å². The van der Waals surface area contributed by atoms with Crippen LogP contribution in [0.3, 0.4) is 0 Å². The molecule has 0 spiro atoms. The van der Waals surface area contributed by atoms with Crippen LogP contribution < -0.4 is 5.73 Å². The van der Waals surface area contributed by atoms with Crippen LogP contribution in [0, 0.1) is 18.3 Å². The average Bonchev–Trinajstić information content (AvgIpc) is 2.20. The summed E-state index contributed by atoms with van der Waals surface area (Å²) in [6.45, 7) is 3.70. The number of halogens is 1. The summed E-state index contributed by atoms with van der Waals surface area (Å²) in [5.41, 5.74) is 8.90. The second-order valence-electron chi connectivity index (χ2n) is 3.11. The third-order valence-electron chi connectivity index (χ3n) is 2.04. The number of allylic oxidation sites excluding steroid dienone is 1. The molecule has 72 valence electrons. The van der Waals surface area contributed by atoms with Crippen LogP contribution in [0.1, 0.15) is 18.1 Å². The van der Waals surface area contributed by atoms with Crippen LogP contribution in [0.15, 0.2) is 28.2 Å². The average molecular weight is 251 g/mol. The van der Waals surface area contributed by atoms with Gasteiger partial charge < -0.3 is 5.73 Å². The maximum atomic E-state index is 8.69. The normalized spacial score (nSPS) is 11.9. The van der Waals surface area contributed by atoms with Gasteiger partial charge in [-0.15, -0.1) is 0 Å². The van der Waals surface area contributed by atoms with Crippen LogP contribution in [0.2, 0.25) is 0 Å². The molecule has 1 rings (SSSR count). The lowest BCUT2D eigenvalue weighted by Crippen LogP contribution is -1.99. The Morgan fingerprint density at radius 1 is 1.50 bits per heavy atom.